The molecule has 154 valence electrons. The summed E-state index contributed by atoms with van der Waals surface area (Å²) in [6.45, 7) is 2.81. The lowest BCUT2D eigenvalue weighted by atomic mass is 10.0. The molecule has 0 atom stereocenters. The van der Waals surface area contributed by atoms with Crippen LogP contribution in [-0.4, -0.2) is 25.2 Å². The Hall–Kier alpha value is -2.96. The third-order valence-corrected chi connectivity index (χ3v) is 7.31. The molecule has 0 unspecified atom stereocenters. The van der Waals surface area contributed by atoms with Crippen LogP contribution in [0.3, 0.4) is 0 Å². The molecule has 1 heterocycles. The number of hydrogen-bond acceptors (Lipinski definition) is 3. The van der Waals surface area contributed by atoms with Gasteiger partial charge in [0, 0.05) is 24.3 Å². The number of carbonyl (C=O) groups is 1. The molecule has 0 spiro atoms. The van der Waals surface area contributed by atoms with E-state index < -0.39 is 10.0 Å². The van der Waals surface area contributed by atoms with E-state index in [1.165, 1.54) is 9.87 Å². The summed E-state index contributed by atoms with van der Waals surface area (Å²) >= 11 is 0. The summed E-state index contributed by atoms with van der Waals surface area (Å²) in [5.74, 6) is -0.179. The van der Waals surface area contributed by atoms with Crippen LogP contribution in [-0.2, 0) is 29.4 Å². The van der Waals surface area contributed by atoms with Crippen molar-refractivity contribution in [3.8, 4) is 0 Å². The van der Waals surface area contributed by atoms with Crippen LogP contribution in [0.1, 0.15) is 34.0 Å². The van der Waals surface area contributed by atoms with Gasteiger partial charge in [0.15, 0.2) is 0 Å². The molecular formula is C24H24N2O3S. The number of rotatable bonds is 5. The Kier molecular flexibility index (Phi) is 5.70. The largest absolute Gasteiger partial charge is 0.322 e. The number of benzene rings is 3. The van der Waals surface area contributed by atoms with E-state index in [1.807, 2.05) is 42.5 Å². The quantitative estimate of drug-likeness (QED) is 0.671. The minimum atomic E-state index is -3.54. The van der Waals surface area contributed by atoms with Gasteiger partial charge in [-0.15, -0.1) is 0 Å². The highest BCUT2D eigenvalue weighted by molar-refractivity contribution is 7.89. The molecule has 3 aromatic carbocycles. The molecule has 1 aliphatic heterocycles. The summed E-state index contributed by atoms with van der Waals surface area (Å²) in [6, 6.07) is 21.8. The molecule has 6 heteroatoms. The van der Waals surface area contributed by atoms with Crippen LogP contribution in [0.5, 0.6) is 0 Å². The standard InChI is InChI=1S/C24H24N2O3S/c1-2-18-8-10-20(11-9-18)24(27)25-22-13-12-19-14-15-26(17-21(19)16-22)30(28,29)23-6-4-3-5-7-23/h3-13,16H,2,14-15,17H2,1H3,(H,25,27). The molecule has 0 fully saturated rings. The van der Waals surface area contributed by atoms with E-state index in [0.717, 1.165) is 17.5 Å². The molecule has 1 aliphatic rings. The fourth-order valence-corrected chi connectivity index (χ4v) is 5.09. The van der Waals surface area contributed by atoms with E-state index in [9.17, 15) is 13.2 Å². The second-order valence-corrected chi connectivity index (χ2v) is 9.33. The van der Waals surface area contributed by atoms with Crippen molar-refractivity contribution < 1.29 is 13.2 Å². The van der Waals surface area contributed by atoms with Crippen LogP contribution in [0.4, 0.5) is 5.69 Å². The van der Waals surface area contributed by atoms with E-state index in [4.69, 9.17) is 0 Å². The fraction of sp³-hybridized carbons (Fsp3) is 0.208. The average Bonchev–Trinajstić information content (AvgIpc) is 2.79. The maximum absolute atomic E-state index is 13.0. The number of aryl methyl sites for hydroxylation is 1. The van der Waals surface area contributed by atoms with Gasteiger partial charge < -0.3 is 5.32 Å². The first-order chi connectivity index (χ1) is 14.5. The van der Waals surface area contributed by atoms with Gasteiger partial charge in [-0.05, 0) is 65.9 Å². The average molecular weight is 421 g/mol. The van der Waals surface area contributed by atoms with Crippen molar-refractivity contribution in [3.63, 3.8) is 0 Å². The normalized spacial score (nSPS) is 14.2. The molecule has 30 heavy (non-hydrogen) atoms. The maximum atomic E-state index is 13.0. The lowest BCUT2D eigenvalue weighted by Gasteiger charge is -2.28. The Morgan fingerprint density at radius 2 is 1.70 bits per heavy atom. The Morgan fingerprint density at radius 3 is 2.40 bits per heavy atom. The minimum absolute atomic E-state index is 0.179. The van der Waals surface area contributed by atoms with E-state index in [1.54, 1.807) is 30.3 Å². The van der Waals surface area contributed by atoms with Gasteiger partial charge in [0.05, 0.1) is 4.90 Å². The Labute approximate surface area is 177 Å². The summed E-state index contributed by atoms with van der Waals surface area (Å²) in [5, 5.41) is 2.92. The number of nitrogens with one attached hydrogen (secondary N) is 1. The highest BCUT2D eigenvalue weighted by Crippen LogP contribution is 2.27. The van der Waals surface area contributed by atoms with Gasteiger partial charge in [0.25, 0.3) is 5.91 Å². The molecule has 3 aromatic rings. The van der Waals surface area contributed by atoms with E-state index in [2.05, 4.69) is 12.2 Å². The van der Waals surface area contributed by atoms with Crippen LogP contribution in [0.2, 0.25) is 0 Å². The van der Waals surface area contributed by atoms with Gasteiger partial charge in [-0.1, -0.05) is 43.3 Å². The highest BCUT2D eigenvalue weighted by Gasteiger charge is 2.28. The van der Waals surface area contributed by atoms with Crippen molar-refractivity contribution in [3.05, 3.63) is 95.1 Å². The number of fused-ring (bicyclic) bond motifs is 1. The van der Waals surface area contributed by atoms with Crippen molar-refractivity contribution in [2.45, 2.75) is 31.2 Å². The summed E-state index contributed by atoms with van der Waals surface area (Å²) in [7, 11) is -3.54. The first kappa shape index (κ1) is 20.3. The molecular weight excluding hydrogens is 396 g/mol. The third kappa shape index (κ3) is 4.15. The SMILES string of the molecule is CCc1ccc(C(=O)Nc2ccc3c(c2)CN(S(=O)(=O)c2ccccc2)CC3)cc1. The smallest absolute Gasteiger partial charge is 0.255 e. The number of carbonyl (C=O) groups excluding carboxylic acids is 1. The molecule has 1 amide bonds. The Morgan fingerprint density at radius 1 is 0.967 bits per heavy atom. The monoisotopic (exact) mass is 420 g/mol. The minimum Gasteiger partial charge on any atom is -0.322 e. The summed E-state index contributed by atoms with van der Waals surface area (Å²) in [5.41, 5.74) is 4.47. The molecule has 5 nitrogen and oxygen atoms in total. The predicted molar refractivity (Wildman–Crippen MR) is 118 cm³/mol. The number of nitrogens with zero attached hydrogens (tertiary/aromatic N) is 1. The molecule has 4 rings (SSSR count). The molecule has 0 saturated carbocycles. The van der Waals surface area contributed by atoms with Crippen molar-refractivity contribution >= 4 is 21.6 Å². The molecule has 0 saturated heterocycles. The van der Waals surface area contributed by atoms with Crippen molar-refractivity contribution in [1.82, 2.24) is 4.31 Å². The zero-order valence-electron chi connectivity index (χ0n) is 16.8. The molecule has 1 N–H and O–H groups in total. The van der Waals surface area contributed by atoms with Crippen LogP contribution in [0.25, 0.3) is 0 Å². The first-order valence-corrected chi connectivity index (χ1v) is 11.5. The topological polar surface area (TPSA) is 66.5 Å². The Bertz CT molecular complexity index is 1160. The van der Waals surface area contributed by atoms with Crippen molar-refractivity contribution in [2.24, 2.45) is 0 Å². The van der Waals surface area contributed by atoms with Crippen LogP contribution in [0.15, 0.2) is 77.7 Å². The number of sulfonamides is 1. The number of amides is 1. The lowest BCUT2D eigenvalue weighted by Crippen LogP contribution is -2.36. The third-order valence-electron chi connectivity index (χ3n) is 5.45. The van der Waals surface area contributed by atoms with Crippen molar-refractivity contribution in [1.29, 1.82) is 0 Å². The molecule has 0 aromatic heterocycles. The van der Waals surface area contributed by atoms with Crippen molar-refractivity contribution in [2.75, 3.05) is 11.9 Å². The maximum Gasteiger partial charge on any atom is 0.255 e. The zero-order chi connectivity index (χ0) is 21.1. The van der Waals surface area contributed by atoms with Gasteiger partial charge in [0.2, 0.25) is 10.0 Å². The number of anilines is 1. The van der Waals surface area contributed by atoms with Gasteiger partial charge in [-0.25, -0.2) is 8.42 Å². The second-order valence-electron chi connectivity index (χ2n) is 7.39. The van der Waals surface area contributed by atoms with Gasteiger partial charge in [-0.2, -0.15) is 4.31 Å². The highest BCUT2D eigenvalue weighted by atomic mass is 32.2. The first-order valence-electron chi connectivity index (χ1n) is 10.0. The van der Waals surface area contributed by atoms with E-state index >= 15 is 0 Å². The second kappa shape index (κ2) is 8.42. The molecule has 0 aliphatic carbocycles. The van der Waals surface area contributed by atoms with E-state index in [-0.39, 0.29) is 5.91 Å². The fourth-order valence-electron chi connectivity index (χ4n) is 3.65. The summed E-state index contributed by atoms with van der Waals surface area (Å²) < 4.78 is 27.4. The zero-order valence-corrected chi connectivity index (χ0v) is 17.7. The Balaban J connectivity index is 1.52. The lowest BCUT2D eigenvalue weighted by molar-refractivity contribution is 0.102. The van der Waals surface area contributed by atoms with Gasteiger partial charge in [-0.3, -0.25) is 4.79 Å². The number of hydrogen-bond donors (Lipinski definition) is 1. The van der Waals surface area contributed by atoms with Gasteiger partial charge in [0.1, 0.15) is 0 Å². The molecule has 0 radical (unpaired) electrons. The van der Waals surface area contributed by atoms with Crippen LogP contribution < -0.4 is 5.32 Å². The van der Waals surface area contributed by atoms with E-state index in [0.29, 0.717) is 35.7 Å². The predicted octanol–water partition coefficient (Wildman–Crippen LogP) is 4.25. The molecule has 0 bridgehead atoms. The van der Waals surface area contributed by atoms with Crippen LogP contribution >= 0.6 is 0 Å². The summed E-state index contributed by atoms with van der Waals surface area (Å²) in [6.07, 6.45) is 1.57. The van der Waals surface area contributed by atoms with Gasteiger partial charge >= 0.3 is 0 Å². The van der Waals surface area contributed by atoms with Crippen LogP contribution in [0, 0.1) is 0 Å². The summed E-state index contributed by atoms with van der Waals surface area (Å²) in [4.78, 5) is 12.9.